The van der Waals surface area contributed by atoms with E-state index in [0.29, 0.717) is 5.41 Å². The Balaban J connectivity index is 1.94. The average molecular weight is 280 g/mol. The molecule has 2 heteroatoms. The summed E-state index contributed by atoms with van der Waals surface area (Å²) in [7, 11) is 0. The Morgan fingerprint density at radius 1 is 1.20 bits per heavy atom. The summed E-state index contributed by atoms with van der Waals surface area (Å²) in [6.07, 6.45) is 11.3. The van der Waals surface area contributed by atoms with Crippen molar-refractivity contribution in [3.05, 3.63) is 0 Å². The third kappa shape index (κ3) is 4.73. The number of hydrogen-bond donors (Lipinski definition) is 1. The molecule has 1 aliphatic carbocycles. The van der Waals surface area contributed by atoms with Gasteiger partial charge in [0.1, 0.15) is 0 Å². The van der Waals surface area contributed by atoms with E-state index in [1.807, 2.05) is 0 Å². The van der Waals surface area contributed by atoms with Crippen molar-refractivity contribution in [2.45, 2.75) is 78.2 Å². The zero-order valence-corrected chi connectivity index (χ0v) is 14.1. The standard InChI is InChI=1S/C18H36N2/c1-4-8-17-14-20(12-7-11-19-17)15-18(13-16(2)3)9-5-6-10-18/h16-17,19H,4-15H2,1-3H3. The first-order chi connectivity index (χ1) is 9.63. The topological polar surface area (TPSA) is 15.3 Å². The van der Waals surface area contributed by atoms with Crippen LogP contribution in [0.1, 0.15) is 72.1 Å². The van der Waals surface area contributed by atoms with Crippen LogP contribution in [-0.4, -0.2) is 37.1 Å². The lowest BCUT2D eigenvalue weighted by Crippen LogP contribution is -2.42. The second kappa shape index (κ2) is 7.79. The molecule has 2 fully saturated rings. The molecule has 1 saturated heterocycles. The van der Waals surface area contributed by atoms with Crippen LogP contribution < -0.4 is 5.32 Å². The van der Waals surface area contributed by atoms with E-state index in [9.17, 15) is 0 Å². The molecule has 1 unspecified atom stereocenters. The molecular weight excluding hydrogens is 244 g/mol. The maximum absolute atomic E-state index is 3.75. The zero-order valence-electron chi connectivity index (χ0n) is 14.1. The molecule has 0 aromatic carbocycles. The van der Waals surface area contributed by atoms with Gasteiger partial charge in [0.15, 0.2) is 0 Å². The van der Waals surface area contributed by atoms with Crippen molar-refractivity contribution in [2.75, 3.05) is 26.2 Å². The van der Waals surface area contributed by atoms with Crippen molar-refractivity contribution in [3.63, 3.8) is 0 Å². The van der Waals surface area contributed by atoms with Crippen molar-refractivity contribution in [1.82, 2.24) is 10.2 Å². The van der Waals surface area contributed by atoms with Crippen LogP contribution >= 0.6 is 0 Å². The van der Waals surface area contributed by atoms with Gasteiger partial charge < -0.3 is 10.2 Å². The van der Waals surface area contributed by atoms with Crippen molar-refractivity contribution >= 4 is 0 Å². The van der Waals surface area contributed by atoms with Gasteiger partial charge in [-0.1, -0.05) is 40.0 Å². The summed E-state index contributed by atoms with van der Waals surface area (Å²) >= 11 is 0. The van der Waals surface area contributed by atoms with E-state index < -0.39 is 0 Å². The predicted octanol–water partition coefficient (Wildman–Crippen LogP) is 4.06. The van der Waals surface area contributed by atoms with Crippen molar-refractivity contribution in [1.29, 1.82) is 0 Å². The van der Waals surface area contributed by atoms with Crippen LogP contribution in [0.5, 0.6) is 0 Å². The summed E-state index contributed by atoms with van der Waals surface area (Å²) in [4.78, 5) is 2.80. The lowest BCUT2D eigenvalue weighted by molar-refractivity contribution is 0.125. The molecule has 0 aromatic rings. The minimum Gasteiger partial charge on any atom is -0.313 e. The minimum absolute atomic E-state index is 0.648. The van der Waals surface area contributed by atoms with E-state index in [-0.39, 0.29) is 0 Å². The Hall–Kier alpha value is -0.0800. The summed E-state index contributed by atoms with van der Waals surface area (Å²) < 4.78 is 0. The molecule has 2 nitrogen and oxygen atoms in total. The highest BCUT2D eigenvalue weighted by Crippen LogP contribution is 2.43. The van der Waals surface area contributed by atoms with Crippen LogP contribution in [0.15, 0.2) is 0 Å². The maximum atomic E-state index is 3.75. The van der Waals surface area contributed by atoms with Gasteiger partial charge in [0.2, 0.25) is 0 Å². The Morgan fingerprint density at radius 3 is 2.60 bits per heavy atom. The van der Waals surface area contributed by atoms with Crippen molar-refractivity contribution < 1.29 is 0 Å². The summed E-state index contributed by atoms with van der Waals surface area (Å²) in [6.45, 7) is 12.3. The molecule has 0 aromatic heterocycles. The van der Waals surface area contributed by atoms with Gasteiger partial charge in [0.25, 0.3) is 0 Å². The Bertz CT molecular complexity index is 269. The van der Waals surface area contributed by atoms with Gasteiger partial charge >= 0.3 is 0 Å². The van der Waals surface area contributed by atoms with E-state index in [4.69, 9.17) is 0 Å². The molecule has 1 atom stereocenters. The van der Waals surface area contributed by atoms with E-state index in [1.165, 1.54) is 77.5 Å². The lowest BCUT2D eigenvalue weighted by Gasteiger charge is -2.37. The van der Waals surface area contributed by atoms with Crippen LogP contribution in [-0.2, 0) is 0 Å². The molecule has 0 amide bonds. The van der Waals surface area contributed by atoms with Gasteiger partial charge in [-0.05, 0) is 56.5 Å². The molecule has 118 valence electrons. The highest BCUT2D eigenvalue weighted by molar-refractivity contribution is 4.90. The van der Waals surface area contributed by atoms with Gasteiger partial charge in [-0.3, -0.25) is 0 Å². The molecule has 0 spiro atoms. The molecule has 1 heterocycles. The lowest BCUT2D eigenvalue weighted by atomic mass is 9.78. The van der Waals surface area contributed by atoms with Crippen LogP contribution in [0.2, 0.25) is 0 Å². The second-order valence-electron chi connectivity index (χ2n) is 7.83. The van der Waals surface area contributed by atoms with E-state index in [2.05, 4.69) is 31.0 Å². The SMILES string of the molecule is CCCC1CN(CC2(CC(C)C)CCCC2)CCCN1. The van der Waals surface area contributed by atoms with Crippen molar-refractivity contribution in [2.24, 2.45) is 11.3 Å². The van der Waals surface area contributed by atoms with Gasteiger partial charge in [-0.15, -0.1) is 0 Å². The molecule has 0 radical (unpaired) electrons. The first-order valence-electron chi connectivity index (χ1n) is 9.09. The fourth-order valence-corrected chi connectivity index (χ4v) is 4.65. The fourth-order valence-electron chi connectivity index (χ4n) is 4.65. The monoisotopic (exact) mass is 280 g/mol. The maximum Gasteiger partial charge on any atom is 0.0194 e. The summed E-state index contributed by atoms with van der Waals surface area (Å²) in [6, 6.07) is 0.736. The number of nitrogens with zero attached hydrogens (tertiary/aromatic N) is 1. The zero-order chi connectivity index (χ0) is 14.4. The molecule has 2 rings (SSSR count). The summed E-state index contributed by atoms with van der Waals surface area (Å²) in [5.41, 5.74) is 0.648. The molecule has 0 bridgehead atoms. The van der Waals surface area contributed by atoms with Gasteiger partial charge in [0, 0.05) is 19.1 Å². The molecule has 20 heavy (non-hydrogen) atoms. The van der Waals surface area contributed by atoms with Gasteiger partial charge in [0.05, 0.1) is 0 Å². The van der Waals surface area contributed by atoms with Gasteiger partial charge in [-0.2, -0.15) is 0 Å². The Kier molecular flexibility index (Phi) is 6.35. The third-order valence-corrected chi connectivity index (χ3v) is 5.26. The number of nitrogens with one attached hydrogen (secondary N) is 1. The Morgan fingerprint density at radius 2 is 1.95 bits per heavy atom. The highest BCUT2D eigenvalue weighted by atomic mass is 15.2. The fraction of sp³-hybridized carbons (Fsp3) is 1.00. The quantitative estimate of drug-likeness (QED) is 0.789. The highest BCUT2D eigenvalue weighted by Gasteiger charge is 2.36. The third-order valence-electron chi connectivity index (χ3n) is 5.26. The Labute approximate surface area is 126 Å². The largest absolute Gasteiger partial charge is 0.313 e. The molecule has 1 N–H and O–H groups in total. The molecule has 2 aliphatic rings. The molecular formula is C18H36N2. The smallest absolute Gasteiger partial charge is 0.0194 e. The number of hydrogen-bond acceptors (Lipinski definition) is 2. The average Bonchev–Trinajstić information content (AvgIpc) is 2.70. The van der Waals surface area contributed by atoms with Crippen molar-refractivity contribution in [3.8, 4) is 0 Å². The molecule has 1 saturated carbocycles. The van der Waals surface area contributed by atoms with E-state index in [0.717, 1.165) is 12.0 Å². The normalized spacial score (nSPS) is 27.9. The molecule has 1 aliphatic heterocycles. The summed E-state index contributed by atoms with van der Waals surface area (Å²) in [5.74, 6) is 0.852. The number of rotatable bonds is 6. The first kappa shape index (κ1) is 16.3. The summed E-state index contributed by atoms with van der Waals surface area (Å²) in [5, 5.41) is 3.75. The van der Waals surface area contributed by atoms with E-state index in [1.54, 1.807) is 0 Å². The predicted molar refractivity (Wildman–Crippen MR) is 88.1 cm³/mol. The minimum atomic E-state index is 0.648. The second-order valence-corrected chi connectivity index (χ2v) is 7.83. The van der Waals surface area contributed by atoms with Crippen LogP contribution in [0.3, 0.4) is 0 Å². The van der Waals surface area contributed by atoms with Crippen LogP contribution in [0.4, 0.5) is 0 Å². The van der Waals surface area contributed by atoms with Crippen LogP contribution in [0, 0.1) is 11.3 Å². The van der Waals surface area contributed by atoms with E-state index >= 15 is 0 Å². The van der Waals surface area contributed by atoms with Crippen LogP contribution in [0.25, 0.3) is 0 Å². The van der Waals surface area contributed by atoms with Gasteiger partial charge in [-0.25, -0.2) is 0 Å². The first-order valence-corrected chi connectivity index (χ1v) is 9.09.